The van der Waals surface area contributed by atoms with E-state index >= 15 is 0 Å². The fraction of sp³-hybridized carbons (Fsp3) is 0.900. The summed E-state index contributed by atoms with van der Waals surface area (Å²) in [5.74, 6) is 3.31. The number of carbonyl (C=O) groups is 1. The third kappa shape index (κ3) is 2.55. The summed E-state index contributed by atoms with van der Waals surface area (Å²) in [5.41, 5.74) is 1.99. The van der Waals surface area contributed by atoms with Gasteiger partial charge >= 0.3 is 0 Å². The Balaban J connectivity index is 1.57. The van der Waals surface area contributed by atoms with Crippen molar-refractivity contribution in [2.24, 2.45) is 56.7 Å². The highest BCUT2D eigenvalue weighted by Crippen LogP contribution is 2.77. The number of rotatable bonds is 1. The summed E-state index contributed by atoms with van der Waals surface area (Å²) in [6.07, 6.45) is 10.1. The Morgan fingerprint density at radius 1 is 0.875 bits per heavy atom. The largest absolute Gasteiger partial charge is 0.392 e. The van der Waals surface area contributed by atoms with Crippen LogP contribution in [0.5, 0.6) is 0 Å². The summed E-state index contributed by atoms with van der Waals surface area (Å²) in [4.78, 5) is 12.9. The van der Waals surface area contributed by atoms with Gasteiger partial charge in [-0.3, -0.25) is 4.79 Å². The molecule has 5 aliphatic rings. The van der Waals surface area contributed by atoms with Gasteiger partial charge in [0, 0.05) is 17.3 Å². The molecule has 0 aromatic heterocycles. The van der Waals surface area contributed by atoms with Gasteiger partial charge in [0.1, 0.15) is 5.78 Å². The molecular formula is C30H48O2. The molecule has 180 valence electrons. The van der Waals surface area contributed by atoms with Crippen molar-refractivity contribution >= 4 is 5.78 Å². The molecule has 0 unspecified atom stereocenters. The number of fused-ring (bicyclic) bond motifs is 7. The fourth-order valence-corrected chi connectivity index (χ4v) is 11.2. The zero-order valence-corrected chi connectivity index (χ0v) is 21.9. The van der Waals surface area contributed by atoms with Crippen molar-refractivity contribution in [1.29, 1.82) is 0 Å². The van der Waals surface area contributed by atoms with Crippen molar-refractivity contribution in [3.8, 4) is 0 Å². The molecule has 0 spiro atoms. The predicted octanol–water partition coefficient (Wildman–Crippen LogP) is 7.20. The normalized spacial score (nSPS) is 56.6. The average molecular weight is 441 g/mol. The highest BCUT2D eigenvalue weighted by molar-refractivity contribution is 5.86. The lowest BCUT2D eigenvalue weighted by Gasteiger charge is -2.72. The molecule has 5 aliphatic carbocycles. The van der Waals surface area contributed by atoms with E-state index in [4.69, 9.17) is 0 Å². The Bertz CT molecular complexity index is 842. The van der Waals surface area contributed by atoms with Crippen LogP contribution in [-0.2, 0) is 4.79 Å². The number of carbonyl (C=O) groups excluding carboxylic acids is 1. The van der Waals surface area contributed by atoms with E-state index in [0.29, 0.717) is 35.0 Å². The van der Waals surface area contributed by atoms with Crippen LogP contribution in [0.1, 0.15) is 106 Å². The summed E-state index contributed by atoms with van der Waals surface area (Å²) in [7, 11) is 0. The zero-order valence-electron chi connectivity index (χ0n) is 21.9. The lowest BCUT2D eigenvalue weighted by Crippen LogP contribution is -2.69. The molecule has 0 bridgehead atoms. The van der Waals surface area contributed by atoms with Gasteiger partial charge in [0.2, 0.25) is 0 Å². The van der Waals surface area contributed by atoms with E-state index in [0.717, 1.165) is 18.3 Å². The zero-order chi connectivity index (χ0) is 23.5. The minimum atomic E-state index is -0.485. The summed E-state index contributed by atoms with van der Waals surface area (Å²) >= 11 is 0. The first kappa shape index (κ1) is 23.1. The van der Waals surface area contributed by atoms with Gasteiger partial charge in [0.25, 0.3) is 0 Å². The van der Waals surface area contributed by atoms with Gasteiger partial charge in [0.15, 0.2) is 0 Å². The number of aliphatic hydroxyl groups is 1. The van der Waals surface area contributed by atoms with E-state index in [1.54, 1.807) is 0 Å². The molecule has 0 amide bonds. The number of hydrogen-bond acceptors (Lipinski definition) is 2. The number of ketones is 1. The van der Waals surface area contributed by atoms with Crippen molar-refractivity contribution in [3.05, 3.63) is 12.2 Å². The first-order valence-electron chi connectivity index (χ1n) is 13.6. The fourth-order valence-electron chi connectivity index (χ4n) is 11.2. The standard InChI is InChI=1S/C30H48O2/c1-18(2)19-11-13-27(5)15-16-28(6)20(25(19)27)9-10-22-29(28,7)14-12-21-26(3,4)23(31)17-24(32)30(21,22)8/h19-22,24-25,32H,1,9-17H2,2-8H3/t19-,20-,21-,22-,24+,25+,27+,28+,29+,30-/m0/s1. The van der Waals surface area contributed by atoms with Crippen LogP contribution in [0.3, 0.4) is 0 Å². The van der Waals surface area contributed by atoms with Crippen molar-refractivity contribution in [3.63, 3.8) is 0 Å². The monoisotopic (exact) mass is 440 g/mol. The van der Waals surface area contributed by atoms with Crippen molar-refractivity contribution in [1.82, 2.24) is 0 Å². The van der Waals surface area contributed by atoms with E-state index in [2.05, 4.69) is 55.0 Å². The van der Waals surface area contributed by atoms with Crippen LogP contribution in [0.15, 0.2) is 12.2 Å². The Labute approximate surface area is 197 Å². The Hall–Kier alpha value is -0.630. The minimum absolute atomic E-state index is 0.150. The molecule has 0 aliphatic heterocycles. The van der Waals surface area contributed by atoms with Crippen LogP contribution in [0, 0.1) is 56.7 Å². The van der Waals surface area contributed by atoms with Crippen LogP contribution in [0.2, 0.25) is 0 Å². The third-order valence-electron chi connectivity index (χ3n) is 13.3. The molecule has 10 atom stereocenters. The van der Waals surface area contributed by atoms with Crippen molar-refractivity contribution < 1.29 is 9.90 Å². The van der Waals surface area contributed by atoms with Crippen molar-refractivity contribution in [2.45, 2.75) is 112 Å². The van der Waals surface area contributed by atoms with Gasteiger partial charge in [-0.15, -0.1) is 0 Å². The number of Topliss-reactive ketones (excluding diaryl/α,β-unsaturated/α-hetero) is 1. The highest BCUT2D eigenvalue weighted by Gasteiger charge is 2.71. The molecule has 0 radical (unpaired) electrons. The molecule has 2 nitrogen and oxygen atoms in total. The van der Waals surface area contributed by atoms with Gasteiger partial charge in [0.05, 0.1) is 6.10 Å². The van der Waals surface area contributed by atoms with Gasteiger partial charge in [-0.2, -0.15) is 0 Å². The Kier molecular flexibility index (Phi) is 4.87. The lowest BCUT2D eigenvalue weighted by atomic mass is 9.32. The molecule has 0 heterocycles. The highest BCUT2D eigenvalue weighted by atomic mass is 16.3. The van der Waals surface area contributed by atoms with Crippen LogP contribution in [-0.4, -0.2) is 17.0 Å². The second kappa shape index (κ2) is 6.73. The molecule has 1 N–H and O–H groups in total. The maximum atomic E-state index is 12.9. The summed E-state index contributed by atoms with van der Waals surface area (Å²) < 4.78 is 0. The SMILES string of the molecule is C=C(C)[C@@H]1CC[C@]2(C)CC[C@]3(C)[C@@H](CC[C@@H]4[C@@]5(C)[C@H](O)CC(=O)C(C)(C)[C@@H]5CC[C@]43C)[C@@H]12. The predicted molar refractivity (Wildman–Crippen MR) is 131 cm³/mol. The minimum Gasteiger partial charge on any atom is -0.392 e. The molecule has 0 saturated heterocycles. The smallest absolute Gasteiger partial charge is 0.141 e. The maximum absolute atomic E-state index is 12.9. The quantitative estimate of drug-likeness (QED) is 0.438. The summed E-state index contributed by atoms with van der Waals surface area (Å²) in [6.45, 7) is 21.3. The van der Waals surface area contributed by atoms with E-state index in [1.165, 1.54) is 50.5 Å². The van der Waals surface area contributed by atoms with E-state index in [-0.39, 0.29) is 22.0 Å². The molecular weight excluding hydrogens is 392 g/mol. The van der Waals surface area contributed by atoms with Gasteiger partial charge in [-0.05, 0) is 104 Å². The Morgan fingerprint density at radius 2 is 1.56 bits per heavy atom. The molecule has 32 heavy (non-hydrogen) atoms. The van der Waals surface area contributed by atoms with Crippen molar-refractivity contribution in [2.75, 3.05) is 0 Å². The molecule has 0 aromatic carbocycles. The number of allylic oxidation sites excluding steroid dienone is 1. The molecule has 5 saturated carbocycles. The summed E-state index contributed by atoms with van der Waals surface area (Å²) in [5, 5.41) is 11.5. The molecule has 2 heteroatoms. The lowest BCUT2D eigenvalue weighted by molar-refractivity contribution is -0.254. The topological polar surface area (TPSA) is 37.3 Å². The average Bonchev–Trinajstić information content (AvgIpc) is 3.05. The third-order valence-corrected chi connectivity index (χ3v) is 13.3. The van der Waals surface area contributed by atoms with E-state index < -0.39 is 6.10 Å². The second-order valence-electron chi connectivity index (χ2n) is 14.6. The maximum Gasteiger partial charge on any atom is 0.141 e. The van der Waals surface area contributed by atoms with Gasteiger partial charge in [-0.1, -0.05) is 53.7 Å². The molecule has 5 fully saturated rings. The summed E-state index contributed by atoms with van der Waals surface area (Å²) in [6, 6.07) is 0. The van der Waals surface area contributed by atoms with E-state index in [1.807, 2.05) is 0 Å². The first-order valence-corrected chi connectivity index (χ1v) is 13.6. The molecule has 0 aromatic rings. The van der Waals surface area contributed by atoms with Crippen LogP contribution in [0.4, 0.5) is 0 Å². The van der Waals surface area contributed by atoms with Crippen LogP contribution >= 0.6 is 0 Å². The molecule has 5 rings (SSSR count). The van der Waals surface area contributed by atoms with Crippen LogP contribution < -0.4 is 0 Å². The first-order chi connectivity index (χ1) is 14.7. The Morgan fingerprint density at radius 3 is 2.22 bits per heavy atom. The number of hydrogen-bond donors (Lipinski definition) is 1. The van der Waals surface area contributed by atoms with E-state index in [9.17, 15) is 9.90 Å². The number of aliphatic hydroxyl groups excluding tert-OH is 1. The van der Waals surface area contributed by atoms with Gasteiger partial charge < -0.3 is 5.11 Å². The van der Waals surface area contributed by atoms with Gasteiger partial charge in [-0.25, -0.2) is 0 Å². The second-order valence-corrected chi connectivity index (χ2v) is 14.6. The van der Waals surface area contributed by atoms with Crippen LogP contribution in [0.25, 0.3) is 0 Å².